The van der Waals surface area contributed by atoms with Gasteiger partial charge in [-0.15, -0.1) is 0 Å². The third kappa shape index (κ3) is 9.88. The molecule has 0 aliphatic heterocycles. The summed E-state index contributed by atoms with van der Waals surface area (Å²) in [4.78, 5) is 13.4. The van der Waals surface area contributed by atoms with Crippen LogP contribution in [0.2, 0.25) is 0 Å². The summed E-state index contributed by atoms with van der Waals surface area (Å²) in [6.45, 7) is 0.669. The number of hydrogen-bond donors (Lipinski definition) is 1. The second-order valence-corrected chi connectivity index (χ2v) is 5.48. The molecule has 0 rings (SSSR count). The molecular formula is C9H18N4O4S. The van der Waals surface area contributed by atoms with Gasteiger partial charge in [0.05, 0.1) is 12.9 Å². The first kappa shape index (κ1) is 16.7. The van der Waals surface area contributed by atoms with Crippen molar-refractivity contribution in [3.05, 3.63) is 10.4 Å². The SMILES string of the molecule is COC(=O)CCCS(=O)(=O)NCCCCN=[N+]=[N-]. The summed E-state index contributed by atoms with van der Waals surface area (Å²) in [5.41, 5.74) is 8.02. The van der Waals surface area contributed by atoms with Gasteiger partial charge in [-0.05, 0) is 24.8 Å². The molecule has 0 radical (unpaired) electrons. The molecule has 0 aliphatic carbocycles. The molecule has 0 aromatic heterocycles. The summed E-state index contributed by atoms with van der Waals surface area (Å²) in [5, 5.41) is 3.34. The highest BCUT2D eigenvalue weighted by Gasteiger charge is 2.10. The molecule has 0 unspecified atom stereocenters. The number of esters is 1. The van der Waals surface area contributed by atoms with Crippen LogP contribution in [0, 0.1) is 0 Å². The Kier molecular flexibility index (Phi) is 8.99. The Hall–Kier alpha value is -1.31. The van der Waals surface area contributed by atoms with E-state index in [9.17, 15) is 13.2 Å². The number of carbonyl (C=O) groups excluding carboxylic acids is 1. The van der Waals surface area contributed by atoms with Crippen LogP contribution in [-0.2, 0) is 19.6 Å². The maximum absolute atomic E-state index is 11.4. The highest BCUT2D eigenvalue weighted by atomic mass is 32.2. The van der Waals surface area contributed by atoms with E-state index in [1.54, 1.807) is 0 Å². The highest BCUT2D eigenvalue weighted by molar-refractivity contribution is 7.89. The minimum atomic E-state index is -3.34. The van der Waals surface area contributed by atoms with Crippen LogP contribution in [0.25, 0.3) is 10.4 Å². The van der Waals surface area contributed by atoms with E-state index < -0.39 is 16.0 Å². The predicted octanol–water partition coefficient (Wildman–Crippen LogP) is 0.949. The number of carbonyl (C=O) groups is 1. The fourth-order valence-electron chi connectivity index (χ4n) is 1.16. The lowest BCUT2D eigenvalue weighted by Gasteiger charge is -2.05. The predicted molar refractivity (Wildman–Crippen MR) is 66.3 cm³/mol. The summed E-state index contributed by atoms with van der Waals surface area (Å²) in [6, 6.07) is 0. The molecule has 0 aromatic rings. The minimum Gasteiger partial charge on any atom is -0.469 e. The van der Waals surface area contributed by atoms with Crippen LogP contribution in [0.4, 0.5) is 0 Å². The quantitative estimate of drug-likeness (QED) is 0.210. The van der Waals surface area contributed by atoms with Gasteiger partial charge in [0.25, 0.3) is 0 Å². The van der Waals surface area contributed by atoms with Gasteiger partial charge in [-0.1, -0.05) is 5.11 Å². The lowest BCUT2D eigenvalue weighted by Crippen LogP contribution is -2.27. The van der Waals surface area contributed by atoms with Crippen molar-refractivity contribution in [2.45, 2.75) is 25.7 Å². The second kappa shape index (κ2) is 9.69. The molecule has 1 N–H and O–H groups in total. The number of rotatable bonds is 10. The van der Waals surface area contributed by atoms with Crippen LogP contribution >= 0.6 is 0 Å². The average Bonchev–Trinajstić information content (AvgIpc) is 2.33. The van der Waals surface area contributed by atoms with Crippen LogP contribution < -0.4 is 4.72 Å². The van der Waals surface area contributed by atoms with Crippen LogP contribution in [-0.4, -0.2) is 40.3 Å². The molecule has 9 heteroatoms. The number of hydrogen-bond acceptors (Lipinski definition) is 5. The van der Waals surface area contributed by atoms with Gasteiger partial charge in [-0.3, -0.25) is 4.79 Å². The van der Waals surface area contributed by atoms with Gasteiger partial charge in [-0.25, -0.2) is 13.1 Å². The molecule has 0 saturated heterocycles. The zero-order valence-electron chi connectivity index (χ0n) is 10.3. The molecule has 0 aliphatic rings. The Labute approximate surface area is 106 Å². The zero-order chi connectivity index (χ0) is 13.9. The Balaban J connectivity index is 3.67. The fourth-order valence-corrected chi connectivity index (χ4v) is 2.28. The summed E-state index contributed by atoms with van der Waals surface area (Å²) in [5.74, 6) is -0.516. The van der Waals surface area contributed by atoms with Crippen molar-refractivity contribution in [2.75, 3.05) is 26.0 Å². The van der Waals surface area contributed by atoms with Gasteiger partial charge < -0.3 is 4.74 Å². The Bertz CT molecular complexity index is 389. The van der Waals surface area contributed by atoms with Crippen molar-refractivity contribution < 1.29 is 17.9 Å². The third-order valence-corrected chi connectivity index (χ3v) is 3.56. The molecule has 8 nitrogen and oxygen atoms in total. The van der Waals surface area contributed by atoms with Crippen LogP contribution in [0.3, 0.4) is 0 Å². The van der Waals surface area contributed by atoms with Crippen LogP contribution in [0.15, 0.2) is 5.11 Å². The van der Waals surface area contributed by atoms with E-state index in [-0.39, 0.29) is 18.6 Å². The number of methoxy groups -OCH3 is 1. The standard InChI is InChI=1S/C9H18N4O4S/c1-17-9(14)5-4-8-18(15,16)12-7-3-2-6-11-13-10/h12H,2-8H2,1H3. The topological polar surface area (TPSA) is 121 Å². The van der Waals surface area contributed by atoms with E-state index in [1.165, 1.54) is 7.11 Å². The van der Waals surface area contributed by atoms with Crippen LogP contribution in [0.5, 0.6) is 0 Å². The van der Waals surface area contributed by atoms with E-state index in [4.69, 9.17) is 5.53 Å². The molecule has 0 bridgehead atoms. The van der Waals surface area contributed by atoms with E-state index in [0.717, 1.165) is 0 Å². The van der Waals surface area contributed by atoms with E-state index in [1.807, 2.05) is 0 Å². The summed E-state index contributed by atoms with van der Waals surface area (Å²) in [6.07, 6.45) is 1.57. The molecule has 0 amide bonds. The van der Waals surface area contributed by atoms with E-state index in [2.05, 4.69) is 19.5 Å². The molecule has 0 aromatic carbocycles. The van der Waals surface area contributed by atoms with Gasteiger partial charge in [0, 0.05) is 24.4 Å². The van der Waals surface area contributed by atoms with Crippen molar-refractivity contribution in [2.24, 2.45) is 5.11 Å². The molecule has 0 heterocycles. The largest absolute Gasteiger partial charge is 0.469 e. The first-order valence-corrected chi connectivity index (χ1v) is 7.22. The Morgan fingerprint density at radius 3 is 2.72 bits per heavy atom. The molecule has 0 fully saturated rings. The van der Waals surface area contributed by atoms with Crippen molar-refractivity contribution in [1.82, 2.24) is 4.72 Å². The second-order valence-electron chi connectivity index (χ2n) is 3.55. The first-order valence-electron chi connectivity index (χ1n) is 5.57. The summed E-state index contributed by atoms with van der Waals surface area (Å²) in [7, 11) is -2.08. The van der Waals surface area contributed by atoms with Crippen molar-refractivity contribution in [3.8, 4) is 0 Å². The number of sulfonamides is 1. The van der Waals surface area contributed by atoms with Gasteiger partial charge >= 0.3 is 5.97 Å². The number of nitrogens with zero attached hydrogens (tertiary/aromatic N) is 3. The lowest BCUT2D eigenvalue weighted by molar-refractivity contribution is -0.140. The molecule has 104 valence electrons. The van der Waals surface area contributed by atoms with E-state index in [0.29, 0.717) is 25.9 Å². The monoisotopic (exact) mass is 278 g/mol. The maximum Gasteiger partial charge on any atom is 0.305 e. The average molecular weight is 278 g/mol. The molecule has 0 atom stereocenters. The highest BCUT2D eigenvalue weighted by Crippen LogP contribution is 1.97. The maximum atomic E-state index is 11.4. The van der Waals surface area contributed by atoms with Crippen molar-refractivity contribution >= 4 is 16.0 Å². The minimum absolute atomic E-state index is 0.0916. The smallest absolute Gasteiger partial charge is 0.305 e. The summed E-state index contributed by atoms with van der Waals surface area (Å²) < 4.78 is 29.7. The number of nitrogens with one attached hydrogen (secondary N) is 1. The van der Waals surface area contributed by atoms with Crippen molar-refractivity contribution in [1.29, 1.82) is 0 Å². The van der Waals surface area contributed by atoms with E-state index >= 15 is 0 Å². The first-order chi connectivity index (χ1) is 8.52. The number of azide groups is 1. The van der Waals surface area contributed by atoms with Gasteiger partial charge in [-0.2, -0.15) is 0 Å². The Morgan fingerprint density at radius 2 is 2.11 bits per heavy atom. The number of unbranched alkanes of at least 4 members (excludes halogenated alkanes) is 1. The zero-order valence-corrected chi connectivity index (χ0v) is 11.1. The Morgan fingerprint density at radius 1 is 1.39 bits per heavy atom. The van der Waals surface area contributed by atoms with Gasteiger partial charge in [0.15, 0.2) is 0 Å². The van der Waals surface area contributed by atoms with Crippen LogP contribution in [0.1, 0.15) is 25.7 Å². The molecule has 0 spiro atoms. The normalized spacial score (nSPS) is 10.7. The van der Waals surface area contributed by atoms with Gasteiger partial charge in [0.1, 0.15) is 0 Å². The molecular weight excluding hydrogens is 260 g/mol. The molecule has 18 heavy (non-hydrogen) atoms. The number of ether oxygens (including phenoxy) is 1. The summed E-state index contributed by atoms with van der Waals surface area (Å²) >= 11 is 0. The van der Waals surface area contributed by atoms with Crippen molar-refractivity contribution in [3.63, 3.8) is 0 Å². The molecule has 0 saturated carbocycles. The van der Waals surface area contributed by atoms with Gasteiger partial charge in [0.2, 0.25) is 10.0 Å². The third-order valence-electron chi connectivity index (χ3n) is 2.09. The lowest BCUT2D eigenvalue weighted by atomic mass is 10.3. The fraction of sp³-hybridized carbons (Fsp3) is 0.889.